The van der Waals surface area contributed by atoms with E-state index in [1.165, 1.54) is 5.56 Å². The van der Waals surface area contributed by atoms with Crippen molar-refractivity contribution in [3.8, 4) is 28.3 Å². The number of rotatable bonds is 5. The molecule has 7 nitrogen and oxygen atoms in total. The molecule has 6 rings (SSSR count). The number of nitrogens with zero attached hydrogens (tertiary/aromatic N) is 5. The van der Waals surface area contributed by atoms with Gasteiger partial charge in [-0.15, -0.1) is 0 Å². The number of fused-ring (bicyclic) bond motifs is 1. The van der Waals surface area contributed by atoms with Crippen LogP contribution >= 0.6 is 0 Å². The van der Waals surface area contributed by atoms with Crippen LogP contribution in [0.4, 0.5) is 5.82 Å². The van der Waals surface area contributed by atoms with Crippen molar-refractivity contribution >= 4 is 17.0 Å². The van der Waals surface area contributed by atoms with Gasteiger partial charge >= 0.3 is 0 Å². The number of nitrogen functional groups attached to an aromatic ring is 1. The fourth-order valence-electron chi connectivity index (χ4n) is 5.00. The summed E-state index contributed by atoms with van der Waals surface area (Å²) in [6.45, 7) is 2.94. The van der Waals surface area contributed by atoms with E-state index in [2.05, 4.69) is 50.8 Å². The van der Waals surface area contributed by atoms with Gasteiger partial charge in [-0.1, -0.05) is 42.5 Å². The molecule has 1 aliphatic heterocycles. The summed E-state index contributed by atoms with van der Waals surface area (Å²) < 4.78 is 2.08. The minimum Gasteiger partial charge on any atom is -0.383 e. The molecule has 5 aromatic rings. The number of pyridine rings is 2. The summed E-state index contributed by atoms with van der Waals surface area (Å²) >= 11 is 0. The first-order valence-corrected chi connectivity index (χ1v) is 12.4. The van der Waals surface area contributed by atoms with E-state index in [1.807, 2.05) is 42.5 Å². The molecule has 7 heteroatoms. The van der Waals surface area contributed by atoms with E-state index in [4.69, 9.17) is 21.4 Å². The Morgan fingerprint density at radius 3 is 2.50 bits per heavy atom. The van der Waals surface area contributed by atoms with Crippen LogP contribution in [0.5, 0.6) is 0 Å². The maximum atomic E-state index is 6.28. The molecule has 0 amide bonds. The molecule has 1 aliphatic rings. The highest BCUT2D eigenvalue weighted by molar-refractivity contribution is 5.84. The Kier molecular flexibility index (Phi) is 5.93. The second-order valence-electron chi connectivity index (χ2n) is 9.42. The topological polar surface area (TPSA) is 98.9 Å². The average Bonchev–Trinajstić information content (AvgIpc) is 3.28. The third kappa shape index (κ3) is 4.34. The molecule has 1 fully saturated rings. The molecule has 1 saturated heterocycles. The van der Waals surface area contributed by atoms with Crippen LogP contribution in [0.2, 0.25) is 0 Å². The normalized spacial score (nSPS) is 16.4. The van der Waals surface area contributed by atoms with Gasteiger partial charge in [-0.2, -0.15) is 0 Å². The van der Waals surface area contributed by atoms with Gasteiger partial charge in [0.2, 0.25) is 0 Å². The van der Waals surface area contributed by atoms with Gasteiger partial charge in [-0.25, -0.2) is 15.0 Å². The van der Waals surface area contributed by atoms with E-state index in [-0.39, 0.29) is 6.04 Å². The van der Waals surface area contributed by atoms with Gasteiger partial charge < -0.3 is 11.5 Å². The van der Waals surface area contributed by atoms with Crippen LogP contribution in [0.3, 0.4) is 0 Å². The molecule has 0 aliphatic carbocycles. The molecule has 4 N–H and O–H groups in total. The van der Waals surface area contributed by atoms with Crippen LogP contribution in [-0.2, 0) is 6.54 Å². The summed E-state index contributed by atoms with van der Waals surface area (Å²) in [6.07, 6.45) is 3.96. The Morgan fingerprint density at radius 2 is 1.72 bits per heavy atom. The lowest BCUT2D eigenvalue weighted by Gasteiger charge is -2.30. The molecular formula is C29H29N7. The van der Waals surface area contributed by atoms with Crippen LogP contribution in [-0.4, -0.2) is 43.6 Å². The first-order chi connectivity index (χ1) is 17.7. The van der Waals surface area contributed by atoms with E-state index < -0.39 is 0 Å². The van der Waals surface area contributed by atoms with E-state index in [0.717, 1.165) is 72.0 Å². The van der Waals surface area contributed by atoms with Crippen molar-refractivity contribution in [3.63, 3.8) is 0 Å². The number of piperidine rings is 1. The minimum absolute atomic E-state index is 0.271. The monoisotopic (exact) mass is 475 g/mol. The molecule has 0 saturated carbocycles. The van der Waals surface area contributed by atoms with Crippen LogP contribution in [0.25, 0.3) is 39.5 Å². The zero-order valence-electron chi connectivity index (χ0n) is 20.1. The maximum absolute atomic E-state index is 6.28. The van der Waals surface area contributed by atoms with Crippen molar-refractivity contribution in [3.05, 3.63) is 90.6 Å². The zero-order valence-corrected chi connectivity index (χ0v) is 20.1. The number of likely N-dealkylation sites (tertiary alicyclic amines) is 1. The minimum atomic E-state index is 0.271. The van der Waals surface area contributed by atoms with E-state index in [1.54, 1.807) is 6.20 Å². The van der Waals surface area contributed by atoms with E-state index >= 15 is 0 Å². The smallest absolute Gasteiger partial charge is 0.165 e. The lowest BCUT2D eigenvalue weighted by atomic mass is 10.1. The Bertz CT molecular complexity index is 1490. The van der Waals surface area contributed by atoms with Crippen LogP contribution in [0.1, 0.15) is 18.4 Å². The molecule has 3 aromatic heterocycles. The highest BCUT2D eigenvalue weighted by Crippen LogP contribution is 2.31. The zero-order chi connectivity index (χ0) is 24.5. The number of anilines is 1. The number of nitrogens with two attached hydrogens (primary N) is 2. The van der Waals surface area contributed by atoms with Gasteiger partial charge in [-0.3, -0.25) is 9.47 Å². The summed E-state index contributed by atoms with van der Waals surface area (Å²) in [5.74, 6) is 1.17. The summed E-state index contributed by atoms with van der Waals surface area (Å²) in [7, 11) is 0. The van der Waals surface area contributed by atoms with Crippen molar-refractivity contribution in [1.82, 2.24) is 24.4 Å². The Hall–Kier alpha value is -4.07. The van der Waals surface area contributed by atoms with Crippen molar-refractivity contribution in [2.45, 2.75) is 25.4 Å². The summed E-state index contributed by atoms with van der Waals surface area (Å²) in [6, 6.07) is 26.9. The van der Waals surface area contributed by atoms with Crippen molar-refractivity contribution in [1.29, 1.82) is 0 Å². The highest BCUT2D eigenvalue weighted by atomic mass is 15.2. The van der Waals surface area contributed by atoms with Gasteiger partial charge in [0.25, 0.3) is 0 Å². The molecule has 2 aromatic carbocycles. The summed E-state index contributed by atoms with van der Waals surface area (Å²) in [5, 5.41) is 0. The van der Waals surface area contributed by atoms with Crippen LogP contribution < -0.4 is 11.5 Å². The molecule has 0 radical (unpaired) electrons. The molecule has 4 heterocycles. The molecule has 1 atom stereocenters. The predicted molar refractivity (Wildman–Crippen MR) is 144 cm³/mol. The van der Waals surface area contributed by atoms with Crippen LogP contribution in [0, 0.1) is 0 Å². The maximum Gasteiger partial charge on any atom is 0.165 e. The van der Waals surface area contributed by atoms with Gasteiger partial charge in [0, 0.05) is 36.6 Å². The fourth-order valence-corrected chi connectivity index (χ4v) is 5.00. The third-order valence-electron chi connectivity index (χ3n) is 6.80. The molecule has 1 unspecified atom stereocenters. The van der Waals surface area contributed by atoms with E-state index in [0.29, 0.717) is 5.82 Å². The quantitative estimate of drug-likeness (QED) is 0.384. The lowest BCUT2D eigenvalue weighted by molar-refractivity contribution is 0.201. The highest BCUT2D eigenvalue weighted by Gasteiger charge is 2.20. The molecule has 0 bridgehead atoms. The number of benzene rings is 2. The SMILES string of the molecule is Nc1ncccc1-c1nc2ccc(-c3ccccc3)nc2n1-c1ccc(CN2CCCC(N)C2)cc1. The molecular weight excluding hydrogens is 446 g/mol. The predicted octanol–water partition coefficient (Wildman–Crippen LogP) is 4.65. The van der Waals surface area contributed by atoms with Crippen molar-refractivity contribution in [2.75, 3.05) is 18.8 Å². The summed E-state index contributed by atoms with van der Waals surface area (Å²) in [5.41, 5.74) is 19.0. The van der Waals surface area contributed by atoms with Gasteiger partial charge in [-0.05, 0) is 61.3 Å². The Balaban J connectivity index is 1.44. The van der Waals surface area contributed by atoms with Gasteiger partial charge in [0.1, 0.15) is 11.3 Å². The fraction of sp³-hybridized carbons (Fsp3) is 0.207. The van der Waals surface area contributed by atoms with E-state index in [9.17, 15) is 0 Å². The first kappa shape index (κ1) is 22.4. The lowest BCUT2D eigenvalue weighted by Crippen LogP contribution is -2.42. The number of hydrogen-bond donors (Lipinski definition) is 2. The second kappa shape index (κ2) is 9.53. The van der Waals surface area contributed by atoms with Crippen molar-refractivity contribution in [2.24, 2.45) is 5.73 Å². The standard InChI is InChI=1S/C29H29N7/c30-22-8-5-17-35(19-22)18-20-10-12-23(13-11-20)36-28(24-9-4-16-32-27(24)31)34-26-15-14-25(33-29(26)36)21-6-2-1-3-7-21/h1-4,6-7,9-16,22H,5,8,17-19,30H2,(H2,31,32). The summed E-state index contributed by atoms with van der Waals surface area (Å²) in [4.78, 5) is 16.7. The Morgan fingerprint density at radius 1 is 0.889 bits per heavy atom. The van der Waals surface area contributed by atoms with Crippen LogP contribution in [0.15, 0.2) is 85.1 Å². The number of imidazole rings is 1. The molecule has 0 spiro atoms. The van der Waals surface area contributed by atoms with Gasteiger partial charge in [0.05, 0.1) is 11.3 Å². The van der Waals surface area contributed by atoms with Crippen molar-refractivity contribution < 1.29 is 0 Å². The van der Waals surface area contributed by atoms with Gasteiger partial charge in [0.15, 0.2) is 11.5 Å². The second-order valence-corrected chi connectivity index (χ2v) is 9.42. The third-order valence-corrected chi connectivity index (χ3v) is 6.80. The number of aromatic nitrogens is 4. The average molecular weight is 476 g/mol. The largest absolute Gasteiger partial charge is 0.383 e. The molecule has 36 heavy (non-hydrogen) atoms. The molecule has 180 valence electrons. The Labute approximate surface area is 210 Å². The first-order valence-electron chi connectivity index (χ1n) is 12.4. The number of hydrogen-bond acceptors (Lipinski definition) is 6.